The van der Waals surface area contributed by atoms with E-state index in [1.165, 1.54) is 44.9 Å². The van der Waals surface area contributed by atoms with Crippen LogP contribution < -0.4 is 0 Å². The molecule has 0 aliphatic carbocycles. The zero-order valence-electron chi connectivity index (χ0n) is 13.2. The van der Waals surface area contributed by atoms with Gasteiger partial charge in [0.15, 0.2) is 0 Å². The van der Waals surface area contributed by atoms with Gasteiger partial charge in [-0.25, -0.2) is 0 Å². The maximum Gasteiger partial charge on any atom is 0.306 e. The predicted molar refractivity (Wildman–Crippen MR) is 84.7 cm³/mol. The first-order valence-electron chi connectivity index (χ1n) is 8.67. The highest BCUT2D eigenvalue weighted by Gasteiger charge is 2.11. The van der Waals surface area contributed by atoms with Gasteiger partial charge in [0, 0.05) is 6.42 Å². The van der Waals surface area contributed by atoms with Crippen molar-refractivity contribution in [2.45, 2.75) is 96.5 Å². The molecule has 20 heavy (non-hydrogen) atoms. The van der Waals surface area contributed by atoms with Gasteiger partial charge < -0.3 is 4.74 Å². The van der Waals surface area contributed by atoms with Gasteiger partial charge in [-0.15, -0.1) is 0 Å². The van der Waals surface area contributed by atoms with Crippen molar-refractivity contribution >= 4 is 5.97 Å². The Morgan fingerprint density at radius 3 is 2.25 bits per heavy atom. The van der Waals surface area contributed by atoms with Crippen LogP contribution in [0.2, 0.25) is 0 Å². The third kappa shape index (κ3) is 9.17. The third-order valence-corrected chi connectivity index (χ3v) is 4.07. The predicted octanol–water partition coefficient (Wildman–Crippen LogP) is 5.56. The number of carbonyl (C=O) groups excluding carboxylic acids is 1. The second-order valence-corrected chi connectivity index (χ2v) is 5.94. The van der Waals surface area contributed by atoms with Crippen LogP contribution in [0.3, 0.4) is 0 Å². The quantitative estimate of drug-likeness (QED) is 0.464. The molecule has 2 nitrogen and oxygen atoms in total. The standard InChI is InChI=1S/C18H32O2/c1-2-17-15-13-11-9-7-5-3-4-6-8-10-12-14-16-18(19)20-17/h6,8,17H,2-5,7,9-16H2,1H3. The summed E-state index contributed by atoms with van der Waals surface area (Å²) >= 11 is 0. The van der Waals surface area contributed by atoms with Gasteiger partial charge in [-0.05, 0) is 51.4 Å². The molecular weight excluding hydrogens is 248 g/mol. The van der Waals surface area contributed by atoms with Crippen molar-refractivity contribution in [2.75, 3.05) is 0 Å². The zero-order chi connectivity index (χ0) is 14.5. The molecule has 1 heterocycles. The van der Waals surface area contributed by atoms with Crippen LogP contribution in [0.25, 0.3) is 0 Å². The number of rotatable bonds is 1. The van der Waals surface area contributed by atoms with E-state index in [0.29, 0.717) is 6.42 Å². The van der Waals surface area contributed by atoms with Gasteiger partial charge in [-0.1, -0.05) is 44.8 Å². The van der Waals surface area contributed by atoms with Crippen molar-refractivity contribution in [2.24, 2.45) is 0 Å². The fourth-order valence-electron chi connectivity index (χ4n) is 2.70. The highest BCUT2D eigenvalue weighted by molar-refractivity contribution is 5.69. The monoisotopic (exact) mass is 280 g/mol. The average Bonchev–Trinajstić information content (AvgIpc) is 2.45. The largest absolute Gasteiger partial charge is 0.462 e. The van der Waals surface area contributed by atoms with Crippen molar-refractivity contribution < 1.29 is 9.53 Å². The number of hydrogen-bond acceptors (Lipinski definition) is 2. The Morgan fingerprint density at radius 1 is 0.950 bits per heavy atom. The molecule has 0 amide bonds. The molecule has 116 valence electrons. The molecule has 1 aliphatic rings. The van der Waals surface area contributed by atoms with Crippen molar-refractivity contribution in [3.05, 3.63) is 12.2 Å². The van der Waals surface area contributed by atoms with E-state index < -0.39 is 0 Å². The minimum atomic E-state index is 0.00476. The van der Waals surface area contributed by atoms with Gasteiger partial charge in [-0.3, -0.25) is 4.79 Å². The first-order valence-corrected chi connectivity index (χ1v) is 8.67. The Kier molecular flexibility index (Phi) is 10.3. The van der Waals surface area contributed by atoms with E-state index in [1.54, 1.807) is 0 Å². The lowest BCUT2D eigenvalue weighted by atomic mass is 10.0. The highest BCUT2D eigenvalue weighted by atomic mass is 16.5. The molecule has 0 saturated carbocycles. The Hall–Kier alpha value is -0.790. The summed E-state index contributed by atoms with van der Waals surface area (Å²) in [4.78, 5) is 11.8. The Balaban J connectivity index is 2.32. The molecule has 2 heteroatoms. The minimum absolute atomic E-state index is 0.00476. The summed E-state index contributed by atoms with van der Waals surface area (Å²) in [6, 6.07) is 0. The lowest BCUT2D eigenvalue weighted by Crippen LogP contribution is -2.17. The fraction of sp³-hybridized carbons (Fsp3) is 0.833. The number of hydrogen-bond donors (Lipinski definition) is 0. The Labute approximate surface area is 125 Å². The van der Waals surface area contributed by atoms with Crippen LogP contribution in [0.4, 0.5) is 0 Å². The highest BCUT2D eigenvalue weighted by Crippen LogP contribution is 2.15. The van der Waals surface area contributed by atoms with Gasteiger partial charge in [-0.2, -0.15) is 0 Å². The van der Waals surface area contributed by atoms with Gasteiger partial charge >= 0.3 is 5.97 Å². The summed E-state index contributed by atoms with van der Waals surface area (Å²) in [7, 11) is 0. The van der Waals surface area contributed by atoms with Crippen molar-refractivity contribution in [3.63, 3.8) is 0 Å². The molecule has 0 bridgehead atoms. The number of allylic oxidation sites excluding steroid dienone is 2. The smallest absolute Gasteiger partial charge is 0.306 e. The van der Waals surface area contributed by atoms with Crippen LogP contribution in [0.15, 0.2) is 12.2 Å². The normalized spacial score (nSPS) is 24.9. The van der Waals surface area contributed by atoms with Crippen LogP contribution in [0.1, 0.15) is 90.4 Å². The van der Waals surface area contributed by atoms with Crippen molar-refractivity contribution in [1.82, 2.24) is 0 Å². The average molecular weight is 280 g/mol. The van der Waals surface area contributed by atoms with E-state index in [4.69, 9.17) is 4.74 Å². The van der Waals surface area contributed by atoms with Crippen LogP contribution in [-0.2, 0) is 9.53 Å². The summed E-state index contributed by atoms with van der Waals surface area (Å²) < 4.78 is 5.57. The summed E-state index contributed by atoms with van der Waals surface area (Å²) in [5.74, 6) is 0.00476. The molecule has 0 N–H and O–H groups in total. The minimum Gasteiger partial charge on any atom is -0.462 e. The van der Waals surface area contributed by atoms with Crippen LogP contribution >= 0.6 is 0 Å². The topological polar surface area (TPSA) is 26.3 Å². The van der Waals surface area contributed by atoms with Gasteiger partial charge in [0.25, 0.3) is 0 Å². The molecule has 0 saturated heterocycles. The van der Waals surface area contributed by atoms with E-state index in [1.807, 2.05) is 0 Å². The first kappa shape index (κ1) is 17.3. The molecule has 0 aromatic rings. The van der Waals surface area contributed by atoms with Crippen LogP contribution in [0, 0.1) is 0 Å². The van der Waals surface area contributed by atoms with Gasteiger partial charge in [0.1, 0.15) is 6.10 Å². The van der Waals surface area contributed by atoms with E-state index >= 15 is 0 Å². The Morgan fingerprint density at radius 2 is 1.55 bits per heavy atom. The van der Waals surface area contributed by atoms with Crippen molar-refractivity contribution in [1.29, 1.82) is 0 Å². The van der Waals surface area contributed by atoms with Crippen molar-refractivity contribution in [3.8, 4) is 0 Å². The third-order valence-electron chi connectivity index (χ3n) is 4.07. The molecule has 1 unspecified atom stereocenters. The molecule has 0 aromatic carbocycles. The maximum absolute atomic E-state index is 11.8. The zero-order valence-corrected chi connectivity index (χ0v) is 13.2. The molecule has 1 aliphatic heterocycles. The van der Waals surface area contributed by atoms with E-state index in [9.17, 15) is 4.79 Å². The second-order valence-electron chi connectivity index (χ2n) is 5.94. The molecule has 1 rings (SSSR count). The number of cyclic esters (lactones) is 1. The van der Waals surface area contributed by atoms with Crippen LogP contribution in [-0.4, -0.2) is 12.1 Å². The second kappa shape index (κ2) is 12.0. The molecule has 0 aromatic heterocycles. The molecule has 0 radical (unpaired) electrons. The molecular formula is C18H32O2. The summed E-state index contributed by atoms with van der Waals surface area (Å²) in [5.41, 5.74) is 0. The lowest BCUT2D eigenvalue weighted by molar-refractivity contribution is -0.149. The number of esters is 1. The van der Waals surface area contributed by atoms with Crippen LogP contribution in [0.5, 0.6) is 0 Å². The van der Waals surface area contributed by atoms with E-state index in [2.05, 4.69) is 19.1 Å². The first-order chi connectivity index (χ1) is 9.83. The lowest BCUT2D eigenvalue weighted by Gasteiger charge is -2.16. The van der Waals surface area contributed by atoms with Gasteiger partial charge in [0.05, 0.1) is 0 Å². The van der Waals surface area contributed by atoms with E-state index in [-0.39, 0.29) is 12.1 Å². The Bertz CT molecular complexity index is 271. The number of ether oxygens (including phenoxy) is 1. The summed E-state index contributed by atoms with van der Waals surface area (Å²) in [5, 5.41) is 0. The maximum atomic E-state index is 11.8. The number of carbonyl (C=O) groups is 1. The molecule has 0 fully saturated rings. The summed E-state index contributed by atoms with van der Waals surface area (Å²) in [6.45, 7) is 2.12. The van der Waals surface area contributed by atoms with E-state index in [0.717, 1.165) is 32.1 Å². The molecule has 1 atom stereocenters. The summed E-state index contributed by atoms with van der Waals surface area (Å²) in [6.07, 6.45) is 19.6. The fourth-order valence-corrected chi connectivity index (χ4v) is 2.70. The SMILES string of the molecule is CCC1CCCCCCCCC=CCCCCC(=O)O1. The molecule has 0 spiro atoms. The van der Waals surface area contributed by atoms with Gasteiger partial charge in [0.2, 0.25) is 0 Å².